The molecule has 1 N–H and O–H groups in total. The van der Waals surface area contributed by atoms with Crippen molar-refractivity contribution in [1.82, 2.24) is 10.2 Å². The Balaban J connectivity index is 1.62. The summed E-state index contributed by atoms with van der Waals surface area (Å²) >= 11 is 0. The van der Waals surface area contributed by atoms with Gasteiger partial charge in [0.1, 0.15) is 6.61 Å². The van der Waals surface area contributed by atoms with Gasteiger partial charge in [0.2, 0.25) is 5.91 Å². The fraction of sp³-hybridized carbons (Fsp3) is 0.467. The van der Waals surface area contributed by atoms with Crippen LogP contribution in [0.5, 0.6) is 0 Å². The Morgan fingerprint density at radius 2 is 2.15 bits per heavy atom. The van der Waals surface area contributed by atoms with Gasteiger partial charge in [0.15, 0.2) is 0 Å². The van der Waals surface area contributed by atoms with Gasteiger partial charge in [-0.05, 0) is 12.0 Å². The number of fused-ring (bicyclic) bond motifs is 1. The lowest BCUT2D eigenvalue weighted by molar-refractivity contribution is -0.122. The van der Waals surface area contributed by atoms with Crippen LogP contribution >= 0.6 is 0 Å². The third kappa shape index (κ3) is 2.24. The maximum Gasteiger partial charge on any atom is 0.410 e. The first-order valence-corrected chi connectivity index (χ1v) is 6.94. The van der Waals surface area contributed by atoms with Crippen molar-refractivity contribution in [3.8, 4) is 0 Å². The molecule has 2 amide bonds. The molecular formula is C15H18N2O3. The Bertz CT molecular complexity index is 517. The zero-order chi connectivity index (χ0) is 14.1. The predicted octanol–water partition coefficient (Wildman–Crippen LogP) is 1.53. The van der Waals surface area contributed by atoms with E-state index in [9.17, 15) is 9.59 Å². The van der Waals surface area contributed by atoms with Crippen molar-refractivity contribution >= 4 is 12.0 Å². The van der Waals surface area contributed by atoms with Crippen LogP contribution in [0.4, 0.5) is 4.79 Å². The normalized spacial score (nSPS) is 28.1. The second kappa shape index (κ2) is 5.15. The molecule has 2 saturated heterocycles. The molecule has 2 heterocycles. The van der Waals surface area contributed by atoms with Crippen LogP contribution in [0.25, 0.3) is 0 Å². The molecule has 20 heavy (non-hydrogen) atoms. The average molecular weight is 274 g/mol. The molecule has 2 fully saturated rings. The Morgan fingerprint density at radius 3 is 2.90 bits per heavy atom. The van der Waals surface area contributed by atoms with Gasteiger partial charge in [0.05, 0.1) is 18.0 Å². The number of carbonyl (C=O) groups is 2. The van der Waals surface area contributed by atoms with E-state index >= 15 is 0 Å². The van der Waals surface area contributed by atoms with Crippen molar-refractivity contribution in [1.29, 1.82) is 0 Å². The molecule has 0 spiro atoms. The summed E-state index contributed by atoms with van der Waals surface area (Å²) in [5.74, 6) is -0.132. The van der Waals surface area contributed by atoms with Gasteiger partial charge in [0.25, 0.3) is 0 Å². The second-order valence-electron chi connectivity index (χ2n) is 5.42. The van der Waals surface area contributed by atoms with Crippen molar-refractivity contribution in [2.75, 3.05) is 6.54 Å². The van der Waals surface area contributed by atoms with Crippen LogP contribution in [0.2, 0.25) is 0 Å². The molecule has 0 saturated carbocycles. The predicted molar refractivity (Wildman–Crippen MR) is 72.8 cm³/mol. The highest BCUT2D eigenvalue weighted by atomic mass is 16.6. The fourth-order valence-electron chi connectivity index (χ4n) is 3.08. The molecule has 0 unspecified atom stereocenters. The Kier molecular flexibility index (Phi) is 3.34. The molecule has 0 bridgehead atoms. The summed E-state index contributed by atoms with van der Waals surface area (Å²) < 4.78 is 5.35. The third-order valence-electron chi connectivity index (χ3n) is 4.15. The monoisotopic (exact) mass is 274 g/mol. The van der Waals surface area contributed by atoms with Crippen LogP contribution in [-0.4, -0.2) is 35.5 Å². The molecule has 1 aromatic carbocycles. The van der Waals surface area contributed by atoms with Crippen LogP contribution in [0.1, 0.15) is 18.9 Å². The molecular weight excluding hydrogens is 256 g/mol. The molecule has 1 aromatic rings. The van der Waals surface area contributed by atoms with E-state index in [0.29, 0.717) is 6.54 Å². The topological polar surface area (TPSA) is 58.6 Å². The molecule has 2 aliphatic rings. The largest absolute Gasteiger partial charge is 0.445 e. The summed E-state index contributed by atoms with van der Waals surface area (Å²) in [5, 5.41) is 2.94. The smallest absolute Gasteiger partial charge is 0.410 e. The number of carbonyl (C=O) groups excluding carboxylic acids is 2. The minimum Gasteiger partial charge on any atom is -0.445 e. The highest BCUT2D eigenvalue weighted by Gasteiger charge is 2.48. The minimum atomic E-state index is -0.329. The summed E-state index contributed by atoms with van der Waals surface area (Å²) in [6, 6.07) is 9.61. The van der Waals surface area contributed by atoms with Crippen LogP contribution in [0, 0.1) is 5.92 Å². The van der Waals surface area contributed by atoms with E-state index in [4.69, 9.17) is 4.74 Å². The highest BCUT2D eigenvalue weighted by Crippen LogP contribution is 2.30. The van der Waals surface area contributed by atoms with Gasteiger partial charge < -0.3 is 15.0 Å². The number of rotatable bonds is 2. The molecule has 5 nitrogen and oxygen atoms in total. The Labute approximate surface area is 117 Å². The van der Waals surface area contributed by atoms with Crippen molar-refractivity contribution < 1.29 is 14.3 Å². The van der Waals surface area contributed by atoms with Crippen molar-refractivity contribution in [2.24, 2.45) is 5.92 Å². The zero-order valence-electron chi connectivity index (χ0n) is 11.4. The Morgan fingerprint density at radius 1 is 1.40 bits per heavy atom. The first kappa shape index (κ1) is 13.0. The van der Waals surface area contributed by atoms with E-state index in [1.807, 2.05) is 37.3 Å². The lowest BCUT2D eigenvalue weighted by atomic mass is 10.0. The molecule has 3 rings (SSSR count). The molecule has 0 radical (unpaired) electrons. The van der Waals surface area contributed by atoms with Gasteiger partial charge in [0, 0.05) is 6.54 Å². The number of hydrogen-bond donors (Lipinski definition) is 1. The summed E-state index contributed by atoms with van der Waals surface area (Å²) in [6.07, 6.45) is 0.478. The third-order valence-corrected chi connectivity index (χ3v) is 4.15. The fourth-order valence-corrected chi connectivity index (χ4v) is 3.08. The molecule has 0 aromatic heterocycles. The summed E-state index contributed by atoms with van der Waals surface area (Å²) in [6.45, 7) is 2.78. The van der Waals surface area contributed by atoms with Crippen molar-refractivity contribution in [2.45, 2.75) is 32.0 Å². The zero-order valence-corrected chi connectivity index (χ0v) is 11.4. The number of likely N-dealkylation sites (tertiary alicyclic amines) is 1. The highest BCUT2D eigenvalue weighted by molar-refractivity contribution is 5.84. The van der Waals surface area contributed by atoms with E-state index in [2.05, 4.69) is 5.32 Å². The SMILES string of the molecule is C[C@H]1C(=O)N[C@H]2CCN(C(=O)OCc3ccccc3)[C@@H]21. The lowest BCUT2D eigenvalue weighted by Gasteiger charge is -2.24. The van der Waals surface area contributed by atoms with Gasteiger partial charge in [-0.25, -0.2) is 4.79 Å². The van der Waals surface area contributed by atoms with Gasteiger partial charge in [-0.1, -0.05) is 37.3 Å². The van der Waals surface area contributed by atoms with E-state index < -0.39 is 0 Å². The second-order valence-corrected chi connectivity index (χ2v) is 5.42. The van der Waals surface area contributed by atoms with Crippen molar-refractivity contribution in [3.05, 3.63) is 35.9 Å². The lowest BCUT2D eigenvalue weighted by Crippen LogP contribution is -2.41. The molecule has 106 valence electrons. The number of amides is 2. The van der Waals surface area contributed by atoms with Crippen LogP contribution in [-0.2, 0) is 16.1 Å². The van der Waals surface area contributed by atoms with Crippen LogP contribution in [0.15, 0.2) is 30.3 Å². The number of nitrogens with zero attached hydrogens (tertiary/aromatic N) is 1. The minimum absolute atomic E-state index is 0.0283. The van der Waals surface area contributed by atoms with Gasteiger partial charge in [-0.2, -0.15) is 0 Å². The number of nitrogens with one attached hydrogen (secondary N) is 1. The molecule has 3 atom stereocenters. The van der Waals surface area contributed by atoms with E-state index in [1.165, 1.54) is 0 Å². The Hall–Kier alpha value is -2.04. The molecule has 5 heteroatoms. The maximum atomic E-state index is 12.2. The van der Waals surface area contributed by atoms with Crippen molar-refractivity contribution in [3.63, 3.8) is 0 Å². The molecule has 2 aliphatic heterocycles. The number of benzene rings is 1. The van der Waals surface area contributed by atoms with E-state index in [0.717, 1.165) is 12.0 Å². The van der Waals surface area contributed by atoms with Crippen LogP contribution < -0.4 is 5.32 Å². The van der Waals surface area contributed by atoms with Gasteiger partial charge >= 0.3 is 6.09 Å². The molecule has 0 aliphatic carbocycles. The van der Waals surface area contributed by atoms with E-state index in [-0.39, 0.29) is 36.6 Å². The average Bonchev–Trinajstić information content (AvgIpc) is 2.99. The summed E-state index contributed by atoms with van der Waals surface area (Å²) in [7, 11) is 0. The first-order valence-electron chi connectivity index (χ1n) is 6.94. The van der Waals surface area contributed by atoms with Gasteiger partial charge in [-0.3, -0.25) is 4.79 Å². The van der Waals surface area contributed by atoms with Crippen LogP contribution in [0.3, 0.4) is 0 Å². The van der Waals surface area contributed by atoms with Gasteiger partial charge in [-0.15, -0.1) is 0 Å². The van der Waals surface area contributed by atoms with E-state index in [1.54, 1.807) is 4.90 Å². The number of ether oxygens (including phenoxy) is 1. The summed E-state index contributed by atoms with van der Waals surface area (Å²) in [4.78, 5) is 25.5. The number of hydrogen-bond acceptors (Lipinski definition) is 3. The maximum absolute atomic E-state index is 12.2. The standard InChI is InChI=1S/C15H18N2O3/c1-10-13-12(16-14(10)18)7-8-17(13)15(19)20-9-11-5-3-2-4-6-11/h2-6,10,12-13H,7-9H2,1H3,(H,16,18)/t10-,12+,13-/m1/s1. The summed E-state index contributed by atoms with van der Waals surface area (Å²) in [5.41, 5.74) is 0.963. The first-order chi connectivity index (χ1) is 9.66. The quantitative estimate of drug-likeness (QED) is 0.889.